The smallest absolute Gasteiger partial charge is 0.257 e. The van der Waals surface area contributed by atoms with Crippen LogP contribution in [0.1, 0.15) is 10.4 Å². The summed E-state index contributed by atoms with van der Waals surface area (Å²) >= 11 is 7.14. The predicted molar refractivity (Wildman–Crippen MR) is 88.2 cm³/mol. The molecule has 23 heavy (non-hydrogen) atoms. The lowest BCUT2D eigenvalue weighted by Crippen LogP contribution is -2.50. The van der Waals surface area contributed by atoms with Gasteiger partial charge in [0, 0.05) is 32.4 Å². The molecule has 1 amide bonds. The van der Waals surface area contributed by atoms with Crippen LogP contribution >= 0.6 is 22.9 Å². The van der Waals surface area contributed by atoms with Gasteiger partial charge in [0.2, 0.25) is 0 Å². The Hall–Kier alpha value is -1.48. The van der Waals surface area contributed by atoms with Gasteiger partial charge in [-0.1, -0.05) is 17.7 Å². The Morgan fingerprint density at radius 2 is 1.91 bits per heavy atom. The molecule has 0 bridgehead atoms. The fourth-order valence-corrected chi connectivity index (χ4v) is 5.15. The molecule has 122 valence electrons. The van der Waals surface area contributed by atoms with Gasteiger partial charge in [0.1, 0.15) is 9.36 Å². The second-order valence-electron chi connectivity index (χ2n) is 4.97. The highest BCUT2D eigenvalue weighted by Gasteiger charge is 2.31. The molecule has 0 saturated carbocycles. The maximum Gasteiger partial charge on any atom is 0.257 e. The van der Waals surface area contributed by atoms with Crippen LogP contribution < -0.4 is 0 Å². The van der Waals surface area contributed by atoms with Gasteiger partial charge >= 0.3 is 0 Å². The SMILES string of the molecule is O=C(c1cccnc1Cl)N1CCN(S(=O)(=O)c2cccs2)CC1. The molecule has 0 aromatic carbocycles. The van der Waals surface area contributed by atoms with Crippen LogP contribution in [0.5, 0.6) is 0 Å². The van der Waals surface area contributed by atoms with Gasteiger partial charge in [0.15, 0.2) is 0 Å². The first-order chi connectivity index (χ1) is 11.0. The summed E-state index contributed by atoms with van der Waals surface area (Å²) in [6.07, 6.45) is 1.52. The Kier molecular flexibility index (Phi) is 4.67. The molecule has 2 aromatic rings. The average molecular weight is 372 g/mol. The van der Waals surface area contributed by atoms with E-state index in [1.165, 1.54) is 21.8 Å². The highest BCUT2D eigenvalue weighted by atomic mass is 35.5. The lowest BCUT2D eigenvalue weighted by Gasteiger charge is -2.33. The third-order valence-corrected chi connectivity index (χ3v) is 7.18. The fraction of sp³-hybridized carbons (Fsp3) is 0.286. The second-order valence-corrected chi connectivity index (χ2v) is 8.44. The van der Waals surface area contributed by atoms with Crippen LogP contribution in [-0.2, 0) is 10.0 Å². The van der Waals surface area contributed by atoms with Gasteiger partial charge in [0.25, 0.3) is 15.9 Å². The van der Waals surface area contributed by atoms with E-state index in [2.05, 4.69) is 4.98 Å². The normalized spacial score (nSPS) is 16.5. The number of piperazine rings is 1. The molecule has 1 aliphatic rings. The highest BCUT2D eigenvalue weighted by molar-refractivity contribution is 7.91. The third kappa shape index (κ3) is 3.25. The van der Waals surface area contributed by atoms with E-state index in [4.69, 9.17) is 11.6 Å². The number of thiophene rings is 1. The molecular weight excluding hydrogens is 358 g/mol. The van der Waals surface area contributed by atoms with E-state index in [0.29, 0.717) is 22.9 Å². The topological polar surface area (TPSA) is 70.6 Å². The van der Waals surface area contributed by atoms with Crippen LogP contribution in [-0.4, -0.2) is 54.7 Å². The molecule has 3 rings (SSSR count). The van der Waals surface area contributed by atoms with E-state index >= 15 is 0 Å². The Balaban J connectivity index is 1.70. The van der Waals surface area contributed by atoms with Crippen molar-refractivity contribution >= 4 is 38.9 Å². The van der Waals surface area contributed by atoms with E-state index in [1.54, 1.807) is 34.5 Å². The number of carbonyl (C=O) groups is 1. The van der Waals surface area contributed by atoms with Crippen molar-refractivity contribution in [3.8, 4) is 0 Å². The predicted octanol–water partition coefficient (Wildman–Crippen LogP) is 1.94. The number of carbonyl (C=O) groups excluding carboxylic acids is 1. The van der Waals surface area contributed by atoms with Gasteiger partial charge in [-0.05, 0) is 23.6 Å². The van der Waals surface area contributed by atoms with Gasteiger partial charge in [-0.3, -0.25) is 4.79 Å². The van der Waals surface area contributed by atoms with Crippen LogP contribution in [0.4, 0.5) is 0 Å². The van der Waals surface area contributed by atoms with E-state index in [1.807, 2.05) is 0 Å². The summed E-state index contributed by atoms with van der Waals surface area (Å²) < 4.78 is 26.6. The number of aromatic nitrogens is 1. The number of amides is 1. The van der Waals surface area contributed by atoms with Crippen LogP contribution in [0.25, 0.3) is 0 Å². The van der Waals surface area contributed by atoms with Crippen molar-refractivity contribution in [1.29, 1.82) is 0 Å². The summed E-state index contributed by atoms with van der Waals surface area (Å²) in [4.78, 5) is 17.9. The van der Waals surface area contributed by atoms with E-state index in [-0.39, 0.29) is 24.1 Å². The summed E-state index contributed by atoms with van der Waals surface area (Å²) in [6, 6.07) is 6.57. The largest absolute Gasteiger partial charge is 0.336 e. The Bertz CT molecular complexity index is 800. The Morgan fingerprint density at radius 3 is 2.52 bits per heavy atom. The first kappa shape index (κ1) is 16.4. The summed E-state index contributed by atoms with van der Waals surface area (Å²) in [5.41, 5.74) is 0.337. The molecule has 9 heteroatoms. The average Bonchev–Trinajstić information content (AvgIpc) is 3.10. The second kappa shape index (κ2) is 6.56. The number of rotatable bonds is 3. The van der Waals surface area contributed by atoms with Crippen LogP contribution in [0.15, 0.2) is 40.1 Å². The molecule has 0 N–H and O–H groups in total. The minimum atomic E-state index is -3.47. The zero-order valence-corrected chi connectivity index (χ0v) is 14.4. The maximum atomic E-state index is 12.5. The molecular formula is C14H14ClN3O3S2. The standard InChI is InChI=1S/C14H14ClN3O3S2/c15-13-11(3-1-5-16-13)14(19)17-6-8-18(9-7-17)23(20,21)12-4-2-10-22-12/h1-5,10H,6-9H2. The first-order valence-electron chi connectivity index (χ1n) is 6.93. The van der Waals surface area contributed by atoms with Crippen molar-refractivity contribution in [2.75, 3.05) is 26.2 Å². The summed E-state index contributed by atoms with van der Waals surface area (Å²) in [6.45, 7) is 1.19. The maximum absolute atomic E-state index is 12.5. The van der Waals surface area contributed by atoms with Crippen molar-refractivity contribution < 1.29 is 13.2 Å². The molecule has 0 atom stereocenters. The van der Waals surface area contributed by atoms with Crippen molar-refractivity contribution in [3.05, 3.63) is 46.6 Å². The zero-order chi connectivity index (χ0) is 16.4. The quantitative estimate of drug-likeness (QED) is 0.773. The van der Waals surface area contributed by atoms with Gasteiger partial charge < -0.3 is 4.90 Å². The summed E-state index contributed by atoms with van der Waals surface area (Å²) in [7, 11) is -3.47. The van der Waals surface area contributed by atoms with Gasteiger partial charge in [-0.25, -0.2) is 13.4 Å². The highest BCUT2D eigenvalue weighted by Crippen LogP contribution is 2.23. The summed E-state index contributed by atoms with van der Waals surface area (Å²) in [5.74, 6) is -0.226. The lowest BCUT2D eigenvalue weighted by atomic mass is 10.2. The molecule has 0 aliphatic carbocycles. The minimum Gasteiger partial charge on any atom is -0.336 e. The Morgan fingerprint density at radius 1 is 1.17 bits per heavy atom. The lowest BCUT2D eigenvalue weighted by molar-refractivity contribution is 0.0697. The van der Waals surface area contributed by atoms with Crippen molar-refractivity contribution in [2.24, 2.45) is 0 Å². The number of hydrogen-bond acceptors (Lipinski definition) is 5. The van der Waals surface area contributed by atoms with Gasteiger partial charge in [-0.2, -0.15) is 4.31 Å². The number of halogens is 1. The fourth-order valence-electron chi connectivity index (χ4n) is 2.38. The number of sulfonamides is 1. The first-order valence-corrected chi connectivity index (χ1v) is 9.63. The third-order valence-electron chi connectivity index (χ3n) is 3.60. The molecule has 6 nitrogen and oxygen atoms in total. The molecule has 2 aromatic heterocycles. The van der Waals surface area contributed by atoms with Gasteiger partial charge in [-0.15, -0.1) is 11.3 Å². The van der Waals surface area contributed by atoms with Crippen LogP contribution in [0.3, 0.4) is 0 Å². The molecule has 3 heterocycles. The number of pyridine rings is 1. The number of nitrogens with zero attached hydrogens (tertiary/aromatic N) is 3. The minimum absolute atomic E-state index is 0.158. The van der Waals surface area contributed by atoms with E-state index in [9.17, 15) is 13.2 Å². The van der Waals surface area contributed by atoms with E-state index < -0.39 is 10.0 Å². The van der Waals surface area contributed by atoms with Crippen molar-refractivity contribution in [3.63, 3.8) is 0 Å². The molecule has 0 unspecified atom stereocenters. The van der Waals surface area contributed by atoms with Crippen LogP contribution in [0.2, 0.25) is 5.15 Å². The summed E-state index contributed by atoms with van der Waals surface area (Å²) in [5, 5.41) is 1.89. The molecule has 1 aliphatic heterocycles. The molecule has 1 saturated heterocycles. The molecule has 0 radical (unpaired) electrons. The Labute approximate surface area is 143 Å². The van der Waals surface area contributed by atoms with Crippen molar-refractivity contribution in [2.45, 2.75) is 4.21 Å². The van der Waals surface area contributed by atoms with Gasteiger partial charge in [0.05, 0.1) is 5.56 Å². The van der Waals surface area contributed by atoms with Crippen LogP contribution in [0, 0.1) is 0 Å². The van der Waals surface area contributed by atoms with Crippen molar-refractivity contribution in [1.82, 2.24) is 14.2 Å². The molecule has 0 spiro atoms. The number of hydrogen-bond donors (Lipinski definition) is 0. The molecule has 1 fully saturated rings. The zero-order valence-electron chi connectivity index (χ0n) is 12.1. The monoisotopic (exact) mass is 371 g/mol. The van der Waals surface area contributed by atoms with E-state index in [0.717, 1.165) is 0 Å².